The second-order valence-electron chi connectivity index (χ2n) is 5.49. The van der Waals surface area contributed by atoms with Gasteiger partial charge in [0, 0.05) is 5.69 Å². The summed E-state index contributed by atoms with van der Waals surface area (Å²) in [6.45, 7) is 3.98. The number of nitrogens with one attached hydrogen (secondary N) is 2. The first-order chi connectivity index (χ1) is 12.5. The van der Waals surface area contributed by atoms with Crippen LogP contribution in [0.5, 0.6) is 0 Å². The molecule has 0 heterocycles. The van der Waals surface area contributed by atoms with Crippen molar-refractivity contribution in [2.24, 2.45) is 5.10 Å². The van der Waals surface area contributed by atoms with Crippen molar-refractivity contribution in [2.45, 2.75) is 26.7 Å². The predicted molar refractivity (Wildman–Crippen MR) is 106 cm³/mol. The zero-order valence-corrected chi connectivity index (χ0v) is 16.0. The molecule has 0 saturated heterocycles. The van der Waals surface area contributed by atoms with Crippen LogP contribution in [0.3, 0.4) is 0 Å². The minimum Gasteiger partial charge on any atom is -0.317 e. The van der Waals surface area contributed by atoms with Gasteiger partial charge < -0.3 is 5.32 Å². The Morgan fingerprint density at radius 2 is 1.65 bits per heavy atom. The molecule has 2 rings (SSSR count). The highest BCUT2D eigenvalue weighted by molar-refractivity contribution is 6.42. The van der Waals surface area contributed by atoms with Gasteiger partial charge in [-0.3, -0.25) is 9.59 Å². The smallest absolute Gasteiger partial charge is 0.317 e. The molecule has 0 aliphatic carbocycles. The topological polar surface area (TPSA) is 70.6 Å². The highest BCUT2D eigenvalue weighted by Gasteiger charge is 2.16. The zero-order valence-electron chi connectivity index (χ0n) is 14.5. The summed E-state index contributed by atoms with van der Waals surface area (Å²) >= 11 is 11.7. The molecule has 0 unspecified atom stereocenters. The lowest BCUT2D eigenvalue weighted by atomic mass is 10.0. The second kappa shape index (κ2) is 9.36. The van der Waals surface area contributed by atoms with E-state index in [1.807, 2.05) is 32.0 Å². The van der Waals surface area contributed by atoms with Crippen LogP contribution in [0.1, 0.15) is 30.5 Å². The van der Waals surface area contributed by atoms with Gasteiger partial charge in [-0.25, -0.2) is 5.43 Å². The van der Waals surface area contributed by atoms with Gasteiger partial charge in [0.2, 0.25) is 0 Å². The largest absolute Gasteiger partial charge is 0.329 e. The lowest BCUT2D eigenvalue weighted by molar-refractivity contribution is -0.136. The number of nitrogens with zero attached hydrogens (tertiary/aromatic N) is 1. The van der Waals surface area contributed by atoms with E-state index < -0.39 is 11.8 Å². The number of amides is 2. The Hall–Kier alpha value is -2.37. The molecule has 0 aliphatic rings. The summed E-state index contributed by atoms with van der Waals surface area (Å²) in [6, 6.07) is 10.7. The fourth-order valence-electron chi connectivity index (χ4n) is 2.38. The Morgan fingerprint density at radius 1 is 1.00 bits per heavy atom. The van der Waals surface area contributed by atoms with Crippen molar-refractivity contribution in [3.05, 3.63) is 63.1 Å². The van der Waals surface area contributed by atoms with Crippen molar-refractivity contribution in [2.75, 3.05) is 5.32 Å². The first kappa shape index (κ1) is 19.9. The summed E-state index contributed by atoms with van der Waals surface area (Å²) < 4.78 is 0. The molecule has 136 valence electrons. The fraction of sp³-hybridized carbons (Fsp3) is 0.211. The maximum atomic E-state index is 12.2. The third-order valence-electron chi connectivity index (χ3n) is 3.77. The Kier molecular flexibility index (Phi) is 7.18. The number of hydrazone groups is 1. The van der Waals surface area contributed by atoms with Crippen molar-refractivity contribution < 1.29 is 9.59 Å². The van der Waals surface area contributed by atoms with Crippen LogP contribution in [-0.2, 0) is 22.4 Å². The normalized spacial score (nSPS) is 10.8. The summed E-state index contributed by atoms with van der Waals surface area (Å²) in [5, 5.41) is 7.26. The van der Waals surface area contributed by atoms with Crippen molar-refractivity contribution in [3.63, 3.8) is 0 Å². The number of carbonyl (C=O) groups is 2. The molecular formula is C19H19Cl2N3O2. The molecule has 0 fully saturated rings. The quantitative estimate of drug-likeness (QED) is 0.455. The van der Waals surface area contributed by atoms with E-state index in [1.54, 1.807) is 18.2 Å². The van der Waals surface area contributed by atoms with Crippen LogP contribution in [0.2, 0.25) is 10.0 Å². The molecule has 0 aliphatic heterocycles. The number of halogens is 2. The minimum atomic E-state index is -0.853. The molecule has 0 atom stereocenters. The maximum absolute atomic E-state index is 12.2. The molecule has 2 amide bonds. The molecule has 0 saturated carbocycles. The Morgan fingerprint density at radius 3 is 2.23 bits per heavy atom. The van der Waals surface area contributed by atoms with Gasteiger partial charge in [-0.1, -0.05) is 61.3 Å². The molecule has 2 aromatic carbocycles. The number of hydrogen-bond donors (Lipinski definition) is 2. The summed E-state index contributed by atoms with van der Waals surface area (Å²) in [7, 11) is 0. The van der Waals surface area contributed by atoms with E-state index in [9.17, 15) is 9.59 Å². The second-order valence-corrected chi connectivity index (χ2v) is 6.30. The van der Waals surface area contributed by atoms with Crippen molar-refractivity contribution in [1.29, 1.82) is 0 Å². The summed E-state index contributed by atoms with van der Waals surface area (Å²) in [4.78, 5) is 24.1. The molecule has 26 heavy (non-hydrogen) atoms. The van der Waals surface area contributed by atoms with Gasteiger partial charge in [0.05, 0.1) is 16.3 Å². The van der Waals surface area contributed by atoms with Crippen LogP contribution in [0.15, 0.2) is 41.5 Å². The van der Waals surface area contributed by atoms with E-state index in [0.29, 0.717) is 21.3 Å². The van der Waals surface area contributed by atoms with E-state index in [1.165, 1.54) is 6.21 Å². The molecule has 2 N–H and O–H groups in total. The van der Waals surface area contributed by atoms with Crippen LogP contribution in [0.4, 0.5) is 5.69 Å². The first-order valence-corrected chi connectivity index (χ1v) is 8.92. The molecule has 0 bridgehead atoms. The number of rotatable bonds is 5. The summed E-state index contributed by atoms with van der Waals surface area (Å²) in [5.41, 5.74) is 5.49. The molecular weight excluding hydrogens is 373 g/mol. The highest BCUT2D eigenvalue weighted by atomic mass is 35.5. The van der Waals surface area contributed by atoms with Gasteiger partial charge >= 0.3 is 11.8 Å². The van der Waals surface area contributed by atoms with Crippen LogP contribution in [-0.4, -0.2) is 18.0 Å². The van der Waals surface area contributed by atoms with Gasteiger partial charge in [-0.05, 0) is 41.7 Å². The van der Waals surface area contributed by atoms with E-state index in [2.05, 4.69) is 15.8 Å². The number of anilines is 1. The SMILES string of the molecule is CCc1cccc(CC)c1NC(=O)C(=O)N/N=C\c1ccc(Cl)c(Cl)c1. The number of hydrogen-bond acceptors (Lipinski definition) is 3. The van der Waals surface area contributed by atoms with Gasteiger partial charge in [0.15, 0.2) is 0 Å². The number of para-hydroxylation sites is 1. The lowest BCUT2D eigenvalue weighted by Crippen LogP contribution is -2.33. The lowest BCUT2D eigenvalue weighted by Gasteiger charge is -2.13. The molecule has 7 heteroatoms. The maximum Gasteiger partial charge on any atom is 0.329 e. The van der Waals surface area contributed by atoms with E-state index in [4.69, 9.17) is 23.2 Å². The number of aryl methyl sites for hydroxylation is 2. The predicted octanol–water partition coefficient (Wildman–Crippen LogP) is 4.21. The molecule has 0 spiro atoms. The molecule has 5 nitrogen and oxygen atoms in total. The Labute approximate surface area is 162 Å². The Balaban J connectivity index is 2.03. The third-order valence-corrected chi connectivity index (χ3v) is 4.51. The van der Waals surface area contributed by atoms with Gasteiger partial charge in [0.25, 0.3) is 0 Å². The minimum absolute atomic E-state index is 0.378. The van der Waals surface area contributed by atoms with Crippen LogP contribution in [0.25, 0.3) is 0 Å². The average Bonchev–Trinajstić information content (AvgIpc) is 2.64. The van der Waals surface area contributed by atoms with Crippen molar-refractivity contribution >= 4 is 46.9 Å². The highest BCUT2D eigenvalue weighted by Crippen LogP contribution is 2.23. The Bertz CT molecular complexity index is 828. The zero-order chi connectivity index (χ0) is 19.1. The van der Waals surface area contributed by atoms with Crippen molar-refractivity contribution in [1.82, 2.24) is 5.43 Å². The molecule has 2 aromatic rings. The monoisotopic (exact) mass is 391 g/mol. The first-order valence-electron chi connectivity index (χ1n) is 8.16. The van der Waals surface area contributed by atoms with Crippen LogP contribution >= 0.6 is 23.2 Å². The third kappa shape index (κ3) is 5.07. The number of benzene rings is 2. The average molecular weight is 392 g/mol. The van der Waals surface area contributed by atoms with Crippen molar-refractivity contribution in [3.8, 4) is 0 Å². The van der Waals surface area contributed by atoms with Crippen LogP contribution < -0.4 is 10.7 Å². The van der Waals surface area contributed by atoms with E-state index in [-0.39, 0.29) is 0 Å². The fourth-order valence-corrected chi connectivity index (χ4v) is 2.69. The van der Waals surface area contributed by atoms with Crippen LogP contribution in [0, 0.1) is 0 Å². The molecule has 0 radical (unpaired) electrons. The summed E-state index contributed by atoms with van der Waals surface area (Å²) in [6.07, 6.45) is 2.88. The summed E-state index contributed by atoms with van der Waals surface area (Å²) in [5.74, 6) is -1.62. The molecule has 0 aromatic heterocycles. The van der Waals surface area contributed by atoms with E-state index >= 15 is 0 Å². The van der Waals surface area contributed by atoms with Gasteiger partial charge in [0.1, 0.15) is 0 Å². The van der Waals surface area contributed by atoms with Gasteiger partial charge in [-0.15, -0.1) is 0 Å². The number of carbonyl (C=O) groups excluding carboxylic acids is 2. The van der Waals surface area contributed by atoms with Gasteiger partial charge in [-0.2, -0.15) is 5.10 Å². The standard InChI is InChI=1S/C19H19Cl2N3O2/c1-3-13-6-5-7-14(4-2)17(13)23-18(25)19(26)24-22-11-12-8-9-15(20)16(21)10-12/h5-11H,3-4H2,1-2H3,(H,23,25)(H,24,26)/b22-11-. The van der Waals surface area contributed by atoms with E-state index in [0.717, 1.165) is 24.0 Å².